The molecule has 6 rings (SSSR count). The van der Waals surface area contributed by atoms with E-state index in [0.717, 1.165) is 56.4 Å². The van der Waals surface area contributed by atoms with Gasteiger partial charge in [0.2, 0.25) is 0 Å². The number of carbonyl (C=O) groups is 2. The highest BCUT2D eigenvalue weighted by Gasteiger charge is 2.55. The number of nitrogens with zero attached hydrogens (tertiary/aromatic N) is 1. The van der Waals surface area contributed by atoms with Gasteiger partial charge in [0.15, 0.2) is 6.61 Å². The van der Waals surface area contributed by atoms with E-state index in [-0.39, 0.29) is 23.9 Å². The van der Waals surface area contributed by atoms with E-state index in [2.05, 4.69) is 6.08 Å². The summed E-state index contributed by atoms with van der Waals surface area (Å²) >= 11 is 0. The van der Waals surface area contributed by atoms with Gasteiger partial charge < -0.3 is 14.1 Å². The van der Waals surface area contributed by atoms with Crippen LogP contribution in [0.3, 0.4) is 0 Å². The zero-order valence-electron chi connectivity index (χ0n) is 17.1. The summed E-state index contributed by atoms with van der Waals surface area (Å²) in [5, 5.41) is 0. The first-order valence-corrected chi connectivity index (χ1v) is 11.3. The van der Waals surface area contributed by atoms with E-state index >= 15 is 0 Å². The average molecular weight is 398 g/mol. The predicted octanol–water partition coefficient (Wildman–Crippen LogP) is 4.83. The molecule has 0 aromatic carbocycles. The molecule has 4 bridgehead atoms. The Bertz CT molecular complexity index is 759. The molecule has 0 atom stereocenters. The summed E-state index contributed by atoms with van der Waals surface area (Å²) in [4.78, 5) is 27.9. The van der Waals surface area contributed by atoms with Gasteiger partial charge in [-0.15, -0.1) is 0 Å². The third kappa shape index (κ3) is 3.76. The average Bonchev–Trinajstić information content (AvgIpc) is 3.23. The molecular weight excluding hydrogens is 366 g/mol. The number of esters is 1. The zero-order chi connectivity index (χ0) is 19.8. The third-order valence-corrected chi connectivity index (χ3v) is 7.61. The first-order valence-electron chi connectivity index (χ1n) is 11.3. The maximum atomic E-state index is 13.1. The Balaban J connectivity index is 1.25. The Kier molecular flexibility index (Phi) is 5.00. The molecule has 0 radical (unpaired) electrons. The molecule has 29 heavy (non-hydrogen) atoms. The standard InChI is InChI=1S/C24H31NO4/c26-22(25(15-21-7-4-8-28-21)20-5-2-1-3-6-20)16-29-23(27)24-12-17-9-18(13-24)11-19(10-17)14-24/h4-5,7-8,17-19H,1-3,6,9-16H2. The number of furan rings is 1. The fraction of sp³-hybridized carbons (Fsp3) is 0.667. The highest BCUT2D eigenvalue weighted by atomic mass is 16.5. The normalized spacial score (nSPS) is 32.7. The molecule has 1 amide bonds. The van der Waals surface area contributed by atoms with Gasteiger partial charge in [-0.3, -0.25) is 9.59 Å². The molecule has 1 aromatic rings. The maximum absolute atomic E-state index is 13.1. The minimum Gasteiger partial charge on any atom is -0.467 e. The van der Waals surface area contributed by atoms with Gasteiger partial charge in [0, 0.05) is 5.70 Å². The summed E-state index contributed by atoms with van der Waals surface area (Å²) in [6.45, 7) is 0.227. The van der Waals surface area contributed by atoms with Crippen LogP contribution in [-0.4, -0.2) is 23.4 Å². The van der Waals surface area contributed by atoms with Crippen LogP contribution in [0.15, 0.2) is 34.6 Å². The summed E-state index contributed by atoms with van der Waals surface area (Å²) in [5.41, 5.74) is 0.717. The van der Waals surface area contributed by atoms with Crippen LogP contribution in [0, 0.1) is 23.2 Å². The molecule has 1 aromatic heterocycles. The number of carbonyl (C=O) groups excluding carboxylic acids is 2. The van der Waals surface area contributed by atoms with Crippen LogP contribution in [0.2, 0.25) is 0 Å². The summed E-state index contributed by atoms with van der Waals surface area (Å²) in [6, 6.07) is 3.71. The number of hydrogen-bond donors (Lipinski definition) is 0. The first kappa shape index (κ1) is 19.0. The second kappa shape index (κ2) is 7.66. The van der Waals surface area contributed by atoms with Gasteiger partial charge in [0.25, 0.3) is 5.91 Å². The summed E-state index contributed by atoms with van der Waals surface area (Å²) in [6.07, 6.45) is 14.6. The Hall–Kier alpha value is -2.04. The molecule has 0 N–H and O–H groups in total. The zero-order valence-corrected chi connectivity index (χ0v) is 17.1. The lowest BCUT2D eigenvalue weighted by Gasteiger charge is -2.55. The van der Waals surface area contributed by atoms with Crippen LogP contribution >= 0.6 is 0 Å². The van der Waals surface area contributed by atoms with E-state index in [9.17, 15) is 9.59 Å². The van der Waals surface area contributed by atoms with Crippen molar-refractivity contribution >= 4 is 11.9 Å². The van der Waals surface area contributed by atoms with E-state index in [4.69, 9.17) is 9.15 Å². The van der Waals surface area contributed by atoms with Crippen molar-refractivity contribution in [3.8, 4) is 0 Å². The van der Waals surface area contributed by atoms with Crippen molar-refractivity contribution in [3.05, 3.63) is 35.9 Å². The lowest BCUT2D eigenvalue weighted by molar-refractivity contribution is -0.174. The molecule has 0 unspecified atom stereocenters. The van der Waals surface area contributed by atoms with Crippen LogP contribution in [0.4, 0.5) is 0 Å². The maximum Gasteiger partial charge on any atom is 0.312 e. The molecule has 0 saturated heterocycles. The third-order valence-electron chi connectivity index (χ3n) is 7.61. The van der Waals surface area contributed by atoms with Gasteiger partial charge in [-0.05, 0) is 94.1 Å². The van der Waals surface area contributed by atoms with E-state index < -0.39 is 0 Å². The van der Waals surface area contributed by atoms with Crippen LogP contribution in [0.25, 0.3) is 0 Å². The first-order chi connectivity index (χ1) is 14.1. The van der Waals surface area contributed by atoms with Crippen molar-refractivity contribution in [2.24, 2.45) is 23.2 Å². The lowest BCUT2D eigenvalue weighted by Crippen LogP contribution is -2.51. The van der Waals surface area contributed by atoms with Gasteiger partial charge in [-0.2, -0.15) is 0 Å². The van der Waals surface area contributed by atoms with Crippen molar-refractivity contribution < 1.29 is 18.7 Å². The van der Waals surface area contributed by atoms with E-state index in [1.807, 2.05) is 12.1 Å². The summed E-state index contributed by atoms with van der Waals surface area (Å²) < 4.78 is 11.2. The van der Waals surface area contributed by atoms with E-state index in [1.54, 1.807) is 11.2 Å². The second-order valence-corrected chi connectivity index (χ2v) is 9.77. The highest BCUT2D eigenvalue weighted by molar-refractivity contribution is 5.84. The minimum atomic E-state index is -0.315. The molecule has 0 spiro atoms. The van der Waals surface area contributed by atoms with Crippen LogP contribution in [0.1, 0.15) is 70.0 Å². The quantitative estimate of drug-likeness (QED) is 0.646. The number of ether oxygens (including phenoxy) is 1. The molecule has 0 aliphatic heterocycles. The summed E-state index contributed by atoms with van der Waals surface area (Å²) in [7, 11) is 0. The molecule has 5 nitrogen and oxygen atoms in total. The van der Waals surface area contributed by atoms with Crippen LogP contribution in [0.5, 0.6) is 0 Å². The van der Waals surface area contributed by atoms with Gasteiger partial charge in [-0.1, -0.05) is 6.08 Å². The van der Waals surface area contributed by atoms with Crippen molar-refractivity contribution in [3.63, 3.8) is 0 Å². The Morgan fingerprint density at radius 1 is 1.10 bits per heavy atom. The number of hydrogen-bond acceptors (Lipinski definition) is 4. The Morgan fingerprint density at radius 3 is 2.41 bits per heavy atom. The summed E-state index contributed by atoms with van der Waals surface area (Å²) in [5.74, 6) is 2.54. The molecule has 5 aliphatic rings. The van der Waals surface area contributed by atoms with Gasteiger partial charge >= 0.3 is 5.97 Å². The fourth-order valence-electron chi connectivity index (χ4n) is 6.69. The predicted molar refractivity (Wildman–Crippen MR) is 107 cm³/mol. The second-order valence-electron chi connectivity index (χ2n) is 9.77. The van der Waals surface area contributed by atoms with Crippen molar-refractivity contribution in [2.75, 3.05) is 6.61 Å². The molecule has 5 aliphatic carbocycles. The molecule has 1 heterocycles. The smallest absolute Gasteiger partial charge is 0.312 e. The Labute approximate surface area is 172 Å². The SMILES string of the molecule is O=C(COC(=O)C12CC3CC(CC(C3)C1)C2)N(Cc1ccco1)C1=CCCCC1. The molecule has 4 fully saturated rings. The number of rotatable bonds is 6. The van der Waals surface area contributed by atoms with Crippen molar-refractivity contribution in [2.45, 2.75) is 70.8 Å². The van der Waals surface area contributed by atoms with Crippen molar-refractivity contribution in [1.29, 1.82) is 0 Å². The van der Waals surface area contributed by atoms with E-state index in [1.165, 1.54) is 19.3 Å². The van der Waals surface area contributed by atoms with Gasteiger partial charge in [0.1, 0.15) is 5.76 Å². The Morgan fingerprint density at radius 2 is 1.83 bits per heavy atom. The minimum absolute atomic E-state index is 0.125. The fourth-order valence-corrected chi connectivity index (χ4v) is 6.69. The number of allylic oxidation sites excluding steroid dienone is 2. The lowest BCUT2D eigenvalue weighted by atomic mass is 9.49. The van der Waals surface area contributed by atoms with Gasteiger partial charge in [0.05, 0.1) is 18.2 Å². The number of amides is 1. The molecule has 4 saturated carbocycles. The molecule has 156 valence electrons. The van der Waals surface area contributed by atoms with Crippen LogP contribution < -0.4 is 0 Å². The van der Waals surface area contributed by atoms with Crippen LogP contribution in [-0.2, 0) is 20.9 Å². The largest absolute Gasteiger partial charge is 0.467 e. The van der Waals surface area contributed by atoms with Crippen molar-refractivity contribution in [1.82, 2.24) is 4.90 Å². The highest BCUT2D eigenvalue weighted by Crippen LogP contribution is 2.60. The van der Waals surface area contributed by atoms with Gasteiger partial charge in [-0.25, -0.2) is 0 Å². The molecular formula is C24H31NO4. The van der Waals surface area contributed by atoms with E-state index in [0.29, 0.717) is 24.3 Å². The topological polar surface area (TPSA) is 59.8 Å². The molecule has 5 heteroatoms. The monoisotopic (exact) mass is 397 g/mol.